The standard InChI is InChI=1S/C13H17NOS/c15-12-7-9-3-1-2-4-11(9)13(12)14-10-5-6-16-8-10/h1-4,10,12-15H,5-8H2. The molecule has 3 unspecified atom stereocenters. The Hall–Kier alpha value is -0.510. The van der Waals surface area contributed by atoms with Crippen LogP contribution in [0.1, 0.15) is 23.6 Å². The highest BCUT2D eigenvalue weighted by atomic mass is 32.2. The van der Waals surface area contributed by atoms with Crippen molar-refractivity contribution < 1.29 is 5.11 Å². The first-order valence-electron chi connectivity index (χ1n) is 5.94. The van der Waals surface area contributed by atoms with E-state index in [-0.39, 0.29) is 12.1 Å². The summed E-state index contributed by atoms with van der Waals surface area (Å²) in [6, 6.07) is 9.12. The molecule has 0 aromatic heterocycles. The molecule has 1 aromatic carbocycles. The van der Waals surface area contributed by atoms with Crippen molar-refractivity contribution in [2.75, 3.05) is 11.5 Å². The average molecular weight is 235 g/mol. The highest BCUT2D eigenvalue weighted by Crippen LogP contribution is 2.32. The molecule has 3 heteroatoms. The molecule has 2 N–H and O–H groups in total. The largest absolute Gasteiger partial charge is 0.391 e. The lowest BCUT2D eigenvalue weighted by atomic mass is 10.1. The maximum atomic E-state index is 10.1. The number of hydrogen-bond acceptors (Lipinski definition) is 3. The molecule has 0 saturated carbocycles. The minimum absolute atomic E-state index is 0.153. The molecular formula is C13H17NOS. The Morgan fingerprint density at radius 1 is 1.31 bits per heavy atom. The van der Waals surface area contributed by atoms with Crippen LogP contribution in [0.4, 0.5) is 0 Å². The normalized spacial score (nSPS) is 32.9. The van der Waals surface area contributed by atoms with Crippen LogP contribution in [0.5, 0.6) is 0 Å². The number of hydrogen-bond donors (Lipinski definition) is 2. The van der Waals surface area contributed by atoms with Gasteiger partial charge in [0.15, 0.2) is 0 Å². The molecule has 1 fully saturated rings. The zero-order valence-electron chi connectivity index (χ0n) is 9.23. The molecular weight excluding hydrogens is 218 g/mol. The van der Waals surface area contributed by atoms with E-state index in [4.69, 9.17) is 0 Å². The first-order chi connectivity index (χ1) is 7.84. The molecule has 3 rings (SSSR count). The van der Waals surface area contributed by atoms with E-state index in [1.807, 2.05) is 11.8 Å². The van der Waals surface area contributed by atoms with Gasteiger partial charge in [-0.1, -0.05) is 24.3 Å². The lowest BCUT2D eigenvalue weighted by molar-refractivity contribution is 0.136. The summed E-state index contributed by atoms with van der Waals surface area (Å²) < 4.78 is 0. The highest BCUT2D eigenvalue weighted by Gasteiger charge is 2.32. The quantitative estimate of drug-likeness (QED) is 0.819. The molecule has 1 heterocycles. The molecule has 0 spiro atoms. The van der Waals surface area contributed by atoms with Crippen LogP contribution >= 0.6 is 11.8 Å². The van der Waals surface area contributed by atoms with E-state index >= 15 is 0 Å². The number of aliphatic hydroxyl groups excluding tert-OH is 1. The van der Waals surface area contributed by atoms with Gasteiger partial charge in [-0.3, -0.25) is 0 Å². The number of aliphatic hydroxyl groups is 1. The van der Waals surface area contributed by atoms with Crippen LogP contribution in [-0.4, -0.2) is 28.8 Å². The SMILES string of the molecule is OC1Cc2ccccc2C1NC1CCSC1. The van der Waals surface area contributed by atoms with Gasteiger partial charge >= 0.3 is 0 Å². The maximum absolute atomic E-state index is 10.1. The van der Waals surface area contributed by atoms with Crippen molar-refractivity contribution in [3.63, 3.8) is 0 Å². The van der Waals surface area contributed by atoms with Crippen LogP contribution in [0.15, 0.2) is 24.3 Å². The Kier molecular flexibility index (Phi) is 2.92. The molecule has 1 aliphatic heterocycles. The first-order valence-corrected chi connectivity index (χ1v) is 7.10. The summed E-state index contributed by atoms with van der Waals surface area (Å²) in [5.74, 6) is 2.44. The lowest BCUT2D eigenvalue weighted by Gasteiger charge is -2.22. The first kappa shape index (κ1) is 10.6. The lowest BCUT2D eigenvalue weighted by Crippen LogP contribution is -2.37. The van der Waals surface area contributed by atoms with Gasteiger partial charge in [-0.25, -0.2) is 0 Å². The fourth-order valence-corrected chi connectivity index (χ4v) is 3.86. The average Bonchev–Trinajstić information content (AvgIpc) is 2.89. The van der Waals surface area contributed by atoms with E-state index in [1.54, 1.807) is 0 Å². The summed E-state index contributed by atoms with van der Waals surface area (Å²) in [6.07, 6.45) is 1.78. The molecule has 0 bridgehead atoms. The smallest absolute Gasteiger partial charge is 0.0775 e. The van der Waals surface area contributed by atoms with Crippen LogP contribution < -0.4 is 5.32 Å². The van der Waals surface area contributed by atoms with Gasteiger partial charge in [0, 0.05) is 18.2 Å². The van der Waals surface area contributed by atoms with Gasteiger partial charge in [-0.05, 0) is 23.3 Å². The van der Waals surface area contributed by atoms with Crippen molar-refractivity contribution in [2.24, 2.45) is 0 Å². The number of fused-ring (bicyclic) bond motifs is 1. The molecule has 2 aliphatic rings. The molecule has 1 aliphatic carbocycles. The maximum Gasteiger partial charge on any atom is 0.0775 e. The molecule has 2 nitrogen and oxygen atoms in total. The third-order valence-electron chi connectivity index (χ3n) is 3.55. The van der Waals surface area contributed by atoms with Crippen LogP contribution in [0, 0.1) is 0 Å². The van der Waals surface area contributed by atoms with E-state index in [0.29, 0.717) is 6.04 Å². The minimum atomic E-state index is -0.247. The van der Waals surface area contributed by atoms with Gasteiger partial charge < -0.3 is 10.4 Å². The topological polar surface area (TPSA) is 32.3 Å². The summed E-state index contributed by atoms with van der Waals surface area (Å²) in [4.78, 5) is 0. The highest BCUT2D eigenvalue weighted by molar-refractivity contribution is 7.99. The van der Waals surface area contributed by atoms with E-state index in [0.717, 1.165) is 6.42 Å². The van der Waals surface area contributed by atoms with Crippen molar-refractivity contribution in [1.82, 2.24) is 5.32 Å². The van der Waals surface area contributed by atoms with Crippen LogP contribution in [0.2, 0.25) is 0 Å². The zero-order valence-corrected chi connectivity index (χ0v) is 10.0. The second kappa shape index (κ2) is 4.40. The Bertz CT molecular complexity index is 376. The van der Waals surface area contributed by atoms with Crippen molar-refractivity contribution in [3.8, 4) is 0 Å². The number of nitrogens with one attached hydrogen (secondary N) is 1. The number of benzene rings is 1. The Balaban J connectivity index is 1.79. The summed E-state index contributed by atoms with van der Waals surface area (Å²) in [7, 11) is 0. The molecule has 86 valence electrons. The fraction of sp³-hybridized carbons (Fsp3) is 0.538. The Morgan fingerprint density at radius 3 is 3.00 bits per heavy atom. The van der Waals surface area contributed by atoms with Gasteiger partial charge in [0.2, 0.25) is 0 Å². The monoisotopic (exact) mass is 235 g/mol. The molecule has 0 radical (unpaired) electrons. The van der Waals surface area contributed by atoms with Crippen LogP contribution in [-0.2, 0) is 6.42 Å². The van der Waals surface area contributed by atoms with E-state index in [9.17, 15) is 5.11 Å². The minimum Gasteiger partial charge on any atom is -0.391 e. The molecule has 1 aromatic rings. The van der Waals surface area contributed by atoms with Crippen molar-refractivity contribution in [2.45, 2.75) is 31.0 Å². The predicted molar refractivity (Wildman–Crippen MR) is 67.8 cm³/mol. The summed E-state index contributed by atoms with van der Waals surface area (Å²) >= 11 is 2.00. The second-order valence-corrected chi connectivity index (χ2v) is 5.82. The van der Waals surface area contributed by atoms with Crippen LogP contribution in [0.25, 0.3) is 0 Å². The van der Waals surface area contributed by atoms with Crippen molar-refractivity contribution in [3.05, 3.63) is 35.4 Å². The Morgan fingerprint density at radius 2 is 2.19 bits per heavy atom. The Labute approximate surface area is 100 Å². The van der Waals surface area contributed by atoms with Crippen LogP contribution in [0.3, 0.4) is 0 Å². The summed E-state index contributed by atoms with van der Waals surface area (Å²) in [5.41, 5.74) is 2.60. The molecule has 3 atom stereocenters. The summed E-state index contributed by atoms with van der Waals surface area (Å²) in [6.45, 7) is 0. The predicted octanol–water partition coefficient (Wildman–Crippen LogP) is 1.74. The van der Waals surface area contributed by atoms with E-state index < -0.39 is 0 Å². The molecule has 1 saturated heterocycles. The third-order valence-corrected chi connectivity index (χ3v) is 4.71. The second-order valence-electron chi connectivity index (χ2n) is 4.68. The summed E-state index contributed by atoms with van der Waals surface area (Å²) in [5, 5.41) is 13.7. The fourth-order valence-electron chi connectivity index (χ4n) is 2.69. The van der Waals surface area contributed by atoms with Gasteiger partial charge in [0.1, 0.15) is 0 Å². The third kappa shape index (κ3) is 1.88. The van der Waals surface area contributed by atoms with Gasteiger partial charge in [-0.2, -0.15) is 11.8 Å². The van der Waals surface area contributed by atoms with Crippen molar-refractivity contribution in [1.29, 1.82) is 0 Å². The van der Waals surface area contributed by atoms with Gasteiger partial charge in [0.25, 0.3) is 0 Å². The molecule has 16 heavy (non-hydrogen) atoms. The zero-order chi connectivity index (χ0) is 11.0. The number of thioether (sulfide) groups is 1. The number of rotatable bonds is 2. The van der Waals surface area contributed by atoms with E-state index in [1.165, 1.54) is 29.1 Å². The van der Waals surface area contributed by atoms with E-state index in [2.05, 4.69) is 29.6 Å². The molecule has 0 amide bonds. The van der Waals surface area contributed by atoms with Crippen molar-refractivity contribution >= 4 is 11.8 Å². The van der Waals surface area contributed by atoms with Gasteiger partial charge in [0.05, 0.1) is 12.1 Å². The van der Waals surface area contributed by atoms with Gasteiger partial charge in [-0.15, -0.1) is 0 Å².